The highest BCUT2D eigenvalue weighted by Crippen LogP contribution is 2.35. The van der Waals surface area contributed by atoms with Crippen molar-refractivity contribution in [3.05, 3.63) is 24.3 Å². The molecule has 3 rings (SSSR count). The summed E-state index contributed by atoms with van der Waals surface area (Å²) in [5, 5.41) is 3.20. The predicted molar refractivity (Wildman–Crippen MR) is 101 cm³/mol. The molecule has 0 bridgehead atoms. The number of thiazole rings is 1. The van der Waals surface area contributed by atoms with Crippen LogP contribution in [-0.2, 0) is 9.59 Å². The first-order valence-electron chi connectivity index (χ1n) is 8.62. The quantitative estimate of drug-likeness (QED) is 0.892. The fourth-order valence-electron chi connectivity index (χ4n) is 2.99. The fraction of sp³-hybridized carbons (Fsp3) is 0.500. The zero-order chi connectivity index (χ0) is 18.9. The highest BCUT2D eigenvalue weighted by molar-refractivity contribution is 7.19. The lowest BCUT2D eigenvalue weighted by Crippen LogP contribution is -2.39. The Morgan fingerprint density at radius 2 is 1.96 bits per heavy atom. The van der Waals surface area contributed by atoms with Crippen molar-refractivity contribution in [3.63, 3.8) is 0 Å². The number of hydrogen-bond donors (Lipinski definition) is 1. The largest absolute Gasteiger partial charge is 0.334 e. The molecule has 8 heteroatoms. The van der Waals surface area contributed by atoms with Gasteiger partial charge in [0.2, 0.25) is 11.8 Å². The van der Waals surface area contributed by atoms with Crippen molar-refractivity contribution in [1.29, 1.82) is 0 Å². The summed E-state index contributed by atoms with van der Waals surface area (Å²) in [4.78, 5) is 39.7. The molecule has 1 N–H and O–H groups in total. The second kappa shape index (κ2) is 7.11. The number of anilines is 1. The van der Waals surface area contributed by atoms with Crippen molar-refractivity contribution in [1.82, 2.24) is 19.9 Å². The summed E-state index contributed by atoms with van der Waals surface area (Å²) >= 11 is 1.35. The second-order valence-electron chi connectivity index (χ2n) is 7.44. The first-order valence-corrected chi connectivity index (χ1v) is 9.44. The Balaban J connectivity index is 1.78. The lowest BCUT2D eigenvalue weighted by atomic mass is 9.94. The van der Waals surface area contributed by atoms with Gasteiger partial charge < -0.3 is 10.2 Å². The van der Waals surface area contributed by atoms with E-state index in [-0.39, 0.29) is 17.9 Å². The van der Waals surface area contributed by atoms with Crippen LogP contribution in [0, 0.1) is 5.41 Å². The molecular formula is C18H23N5O2S. The van der Waals surface area contributed by atoms with Gasteiger partial charge in [-0.2, -0.15) is 0 Å². The molecular weight excluding hydrogens is 350 g/mol. The molecule has 0 unspecified atom stereocenters. The van der Waals surface area contributed by atoms with Gasteiger partial charge in [0, 0.05) is 25.1 Å². The van der Waals surface area contributed by atoms with E-state index in [0.717, 1.165) is 30.0 Å². The van der Waals surface area contributed by atoms with Crippen molar-refractivity contribution in [2.24, 2.45) is 5.41 Å². The number of nitrogens with zero attached hydrogens (tertiary/aromatic N) is 4. The van der Waals surface area contributed by atoms with Crippen LogP contribution in [0.1, 0.15) is 52.3 Å². The average molecular weight is 373 g/mol. The van der Waals surface area contributed by atoms with Gasteiger partial charge in [-0.3, -0.25) is 19.6 Å². The Bertz CT molecular complexity index is 810. The normalized spacial score (nSPS) is 17.4. The maximum absolute atomic E-state index is 12.7. The fourth-order valence-corrected chi connectivity index (χ4v) is 3.81. The first-order chi connectivity index (χ1) is 12.3. The Morgan fingerprint density at radius 1 is 1.19 bits per heavy atom. The topological polar surface area (TPSA) is 88.1 Å². The lowest BCUT2D eigenvalue weighted by molar-refractivity contribution is -0.140. The summed E-state index contributed by atoms with van der Waals surface area (Å²) < 4.78 is 0. The van der Waals surface area contributed by atoms with Crippen LogP contribution >= 0.6 is 11.3 Å². The molecule has 1 saturated heterocycles. The molecule has 0 aromatic carbocycles. The predicted octanol–water partition coefficient (Wildman–Crippen LogP) is 3.27. The summed E-state index contributed by atoms with van der Waals surface area (Å²) in [5.41, 5.74) is 1.11. The van der Waals surface area contributed by atoms with Gasteiger partial charge >= 0.3 is 0 Å². The molecule has 0 spiro atoms. The number of carbonyl (C=O) groups is 2. The molecule has 2 aromatic heterocycles. The van der Waals surface area contributed by atoms with E-state index >= 15 is 0 Å². The SMILES string of the molecule is CC(=O)Nc1ncc(-c2cnc([C@H]3CCCN3C(=O)C(C)(C)C)cn2)s1. The minimum atomic E-state index is -0.404. The van der Waals surface area contributed by atoms with Crippen molar-refractivity contribution in [2.45, 2.75) is 46.6 Å². The molecule has 1 aliphatic rings. The average Bonchev–Trinajstić information content (AvgIpc) is 3.22. The van der Waals surface area contributed by atoms with E-state index in [2.05, 4.69) is 20.3 Å². The molecule has 2 aromatic rings. The van der Waals surface area contributed by atoms with Crippen LogP contribution in [-0.4, -0.2) is 38.2 Å². The van der Waals surface area contributed by atoms with Crippen molar-refractivity contribution < 1.29 is 9.59 Å². The summed E-state index contributed by atoms with van der Waals surface area (Å²) in [5.74, 6) is -0.00884. The van der Waals surface area contributed by atoms with Gasteiger partial charge in [0.05, 0.1) is 29.0 Å². The number of rotatable bonds is 3. The Labute approximate surface area is 156 Å². The minimum Gasteiger partial charge on any atom is -0.334 e. The van der Waals surface area contributed by atoms with Crippen LogP contribution in [0.25, 0.3) is 10.6 Å². The Morgan fingerprint density at radius 3 is 2.58 bits per heavy atom. The van der Waals surface area contributed by atoms with Crippen LogP contribution in [0.4, 0.5) is 5.13 Å². The summed E-state index contributed by atoms with van der Waals surface area (Å²) in [6.45, 7) is 8.03. The van der Waals surface area contributed by atoms with Crippen molar-refractivity contribution in [3.8, 4) is 10.6 Å². The first kappa shape index (κ1) is 18.4. The molecule has 0 radical (unpaired) electrons. The van der Waals surface area contributed by atoms with E-state index in [1.165, 1.54) is 18.3 Å². The van der Waals surface area contributed by atoms with E-state index in [4.69, 9.17) is 0 Å². The van der Waals surface area contributed by atoms with Gasteiger partial charge in [-0.1, -0.05) is 32.1 Å². The molecule has 7 nitrogen and oxygen atoms in total. The van der Waals surface area contributed by atoms with Gasteiger partial charge in [0.25, 0.3) is 0 Å². The zero-order valence-corrected chi connectivity index (χ0v) is 16.3. The van der Waals surface area contributed by atoms with Gasteiger partial charge in [0.1, 0.15) is 5.69 Å². The van der Waals surface area contributed by atoms with Crippen molar-refractivity contribution in [2.75, 3.05) is 11.9 Å². The Hall–Kier alpha value is -2.35. The molecule has 26 heavy (non-hydrogen) atoms. The summed E-state index contributed by atoms with van der Waals surface area (Å²) in [6.07, 6.45) is 7.00. The molecule has 1 fully saturated rings. The van der Waals surface area contributed by atoms with Crippen LogP contribution in [0.15, 0.2) is 18.6 Å². The third-order valence-corrected chi connectivity index (χ3v) is 5.14. The highest BCUT2D eigenvalue weighted by Gasteiger charge is 2.36. The van der Waals surface area contributed by atoms with Gasteiger partial charge in [-0.15, -0.1) is 0 Å². The highest BCUT2D eigenvalue weighted by atomic mass is 32.1. The summed E-state index contributed by atoms with van der Waals surface area (Å²) in [7, 11) is 0. The third-order valence-electron chi connectivity index (χ3n) is 4.21. The van der Waals surface area contributed by atoms with Crippen LogP contribution in [0.5, 0.6) is 0 Å². The second-order valence-corrected chi connectivity index (χ2v) is 8.47. The van der Waals surface area contributed by atoms with Crippen LogP contribution in [0.3, 0.4) is 0 Å². The van der Waals surface area contributed by atoms with E-state index in [0.29, 0.717) is 10.8 Å². The van der Waals surface area contributed by atoms with Gasteiger partial charge in [0.15, 0.2) is 5.13 Å². The van der Waals surface area contributed by atoms with E-state index in [9.17, 15) is 9.59 Å². The molecule has 0 aliphatic carbocycles. The molecule has 138 valence electrons. The lowest BCUT2D eigenvalue weighted by Gasteiger charge is -2.30. The number of hydrogen-bond acceptors (Lipinski definition) is 6. The standard InChI is InChI=1S/C18H23N5O2S/c1-11(24)22-17-21-10-15(26-17)13-9-19-12(8-20-13)14-6-5-7-23(14)16(25)18(2,3)4/h8-10,14H,5-7H2,1-4H3,(H,21,22,24)/t14-/m1/s1. The maximum Gasteiger partial charge on any atom is 0.228 e. The molecule has 1 atom stereocenters. The van der Waals surface area contributed by atoms with Crippen LogP contribution < -0.4 is 5.32 Å². The van der Waals surface area contributed by atoms with E-state index < -0.39 is 5.41 Å². The van der Waals surface area contributed by atoms with Crippen LogP contribution in [0.2, 0.25) is 0 Å². The monoisotopic (exact) mass is 373 g/mol. The number of aromatic nitrogens is 3. The third kappa shape index (κ3) is 3.90. The maximum atomic E-state index is 12.7. The van der Waals surface area contributed by atoms with E-state index in [1.807, 2.05) is 25.7 Å². The molecule has 0 saturated carbocycles. The van der Waals surface area contributed by atoms with Gasteiger partial charge in [-0.05, 0) is 12.8 Å². The Kier molecular flexibility index (Phi) is 5.04. The molecule has 3 heterocycles. The number of nitrogens with one attached hydrogen (secondary N) is 1. The number of likely N-dealkylation sites (tertiary alicyclic amines) is 1. The molecule has 2 amide bonds. The van der Waals surface area contributed by atoms with E-state index in [1.54, 1.807) is 18.6 Å². The number of amides is 2. The summed E-state index contributed by atoms with van der Waals surface area (Å²) in [6, 6.07) is -0.0142. The zero-order valence-electron chi connectivity index (χ0n) is 15.4. The number of carbonyl (C=O) groups excluding carboxylic acids is 2. The molecule has 1 aliphatic heterocycles. The minimum absolute atomic E-state index is 0.0142. The van der Waals surface area contributed by atoms with Crippen molar-refractivity contribution >= 4 is 28.3 Å². The van der Waals surface area contributed by atoms with Gasteiger partial charge in [-0.25, -0.2) is 4.98 Å². The smallest absolute Gasteiger partial charge is 0.228 e.